The number of aliphatic hydroxyl groups excluding tert-OH is 1. The number of hydrogen-bond donors (Lipinski definition) is 2. The van der Waals surface area contributed by atoms with Crippen LogP contribution in [0.25, 0.3) is 17.1 Å². The Kier molecular flexibility index (Phi) is 3.30. The minimum atomic E-state index is -0.497. The van der Waals surface area contributed by atoms with Crippen LogP contribution in [0.15, 0.2) is 53.3 Å². The first kappa shape index (κ1) is 12.8. The molecule has 1 aromatic carbocycles. The molecule has 0 aliphatic carbocycles. The Morgan fingerprint density at radius 1 is 1.29 bits per heavy atom. The zero-order valence-corrected chi connectivity index (χ0v) is 10.7. The summed E-state index contributed by atoms with van der Waals surface area (Å²) in [6.07, 6.45) is 2.29. The highest BCUT2D eigenvalue weighted by Gasteiger charge is 2.14. The molecule has 3 rings (SSSR count). The normalized spacial score (nSPS) is 11.5. The maximum atomic E-state index is 12.0. The van der Waals surface area contributed by atoms with Crippen molar-refractivity contribution in [3.63, 3.8) is 0 Å². The van der Waals surface area contributed by atoms with Gasteiger partial charge in [0.05, 0.1) is 0 Å². The number of aliphatic hydroxyl groups is 1. The standard InChI is InChI=1S/C14H10N4O3/c19-11(7-12(20)14-15-8-16-17-14)10-6-13(21-18-10)9-4-2-1-3-5-9/h1-8,20H,(H,15,16,17). The average molecular weight is 282 g/mol. The smallest absolute Gasteiger partial charge is 0.215 e. The van der Waals surface area contributed by atoms with Crippen LogP contribution in [0.3, 0.4) is 0 Å². The molecular formula is C14H10N4O3. The molecule has 0 amide bonds. The molecule has 104 valence electrons. The van der Waals surface area contributed by atoms with Crippen LogP contribution in [0.1, 0.15) is 16.3 Å². The molecule has 2 aromatic heterocycles. The number of nitrogens with one attached hydrogen (secondary N) is 1. The van der Waals surface area contributed by atoms with Gasteiger partial charge in [-0.2, -0.15) is 5.10 Å². The van der Waals surface area contributed by atoms with E-state index in [1.807, 2.05) is 30.3 Å². The molecule has 2 N–H and O–H groups in total. The summed E-state index contributed by atoms with van der Waals surface area (Å²) in [5.74, 6) is -0.325. The van der Waals surface area contributed by atoms with Crippen molar-refractivity contribution in [3.05, 3.63) is 60.3 Å². The first-order valence-electron chi connectivity index (χ1n) is 6.07. The molecule has 0 atom stereocenters. The molecule has 0 aliphatic heterocycles. The van der Waals surface area contributed by atoms with E-state index in [2.05, 4.69) is 20.3 Å². The van der Waals surface area contributed by atoms with Crippen LogP contribution in [0, 0.1) is 0 Å². The molecule has 0 radical (unpaired) electrons. The Labute approximate surface area is 118 Å². The Morgan fingerprint density at radius 3 is 2.81 bits per heavy atom. The summed E-state index contributed by atoms with van der Waals surface area (Å²) in [5, 5.41) is 19.5. The molecule has 2 heterocycles. The van der Waals surface area contributed by atoms with Crippen molar-refractivity contribution in [2.24, 2.45) is 0 Å². The third kappa shape index (κ3) is 2.71. The molecule has 7 heteroatoms. The number of ketones is 1. The van der Waals surface area contributed by atoms with E-state index in [9.17, 15) is 9.90 Å². The summed E-state index contributed by atoms with van der Waals surface area (Å²) in [6.45, 7) is 0. The second-order valence-corrected chi connectivity index (χ2v) is 4.16. The second-order valence-electron chi connectivity index (χ2n) is 4.16. The van der Waals surface area contributed by atoms with Gasteiger partial charge in [-0.25, -0.2) is 4.98 Å². The lowest BCUT2D eigenvalue weighted by atomic mass is 10.1. The largest absolute Gasteiger partial charge is 0.504 e. The Bertz CT molecular complexity index is 776. The van der Waals surface area contributed by atoms with Crippen LogP contribution in [-0.4, -0.2) is 31.2 Å². The lowest BCUT2D eigenvalue weighted by Crippen LogP contribution is -1.97. The van der Waals surface area contributed by atoms with Gasteiger partial charge in [0.15, 0.2) is 17.2 Å². The van der Waals surface area contributed by atoms with Gasteiger partial charge < -0.3 is 9.63 Å². The number of rotatable bonds is 4. The van der Waals surface area contributed by atoms with E-state index in [-0.39, 0.29) is 17.3 Å². The van der Waals surface area contributed by atoms with Gasteiger partial charge in [-0.15, -0.1) is 0 Å². The fourth-order valence-corrected chi connectivity index (χ4v) is 1.72. The number of carbonyl (C=O) groups excluding carboxylic acids is 1. The van der Waals surface area contributed by atoms with Crippen molar-refractivity contribution in [2.45, 2.75) is 0 Å². The van der Waals surface area contributed by atoms with E-state index in [4.69, 9.17) is 4.52 Å². The molecule has 0 spiro atoms. The van der Waals surface area contributed by atoms with Crippen LogP contribution in [0.4, 0.5) is 0 Å². The lowest BCUT2D eigenvalue weighted by molar-refractivity contribution is 0.103. The average Bonchev–Trinajstić information content (AvgIpc) is 3.20. The summed E-state index contributed by atoms with van der Waals surface area (Å²) in [6, 6.07) is 10.8. The highest BCUT2D eigenvalue weighted by molar-refractivity contribution is 6.06. The number of allylic oxidation sites excluding steroid dienone is 1. The number of benzene rings is 1. The van der Waals surface area contributed by atoms with Gasteiger partial charge in [-0.05, 0) is 0 Å². The van der Waals surface area contributed by atoms with Crippen molar-refractivity contribution in [2.75, 3.05) is 0 Å². The molecule has 3 aromatic rings. The van der Waals surface area contributed by atoms with E-state index in [0.717, 1.165) is 11.6 Å². The number of nitrogens with zero attached hydrogens (tertiary/aromatic N) is 3. The van der Waals surface area contributed by atoms with Crippen molar-refractivity contribution >= 4 is 11.5 Å². The van der Waals surface area contributed by atoms with E-state index < -0.39 is 5.78 Å². The van der Waals surface area contributed by atoms with Crippen molar-refractivity contribution in [1.29, 1.82) is 0 Å². The molecule has 0 saturated carbocycles. The van der Waals surface area contributed by atoms with Gasteiger partial charge in [0, 0.05) is 17.7 Å². The Balaban J connectivity index is 1.84. The SMILES string of the molecule is O=C(C=C(O)c1nc[nH]n1)c1cc(-c2ccccc2)on1. The van der Waals surface area contributed by atoms with E-state index in [0.29, 0.717) is 5.76 Å². The predicted molar refractivity (Wildman–Crippen MR) is 73.3 cm³/mol. The van der Waals surface area contributed by atoms with Gasteiger partial charge in [0.2, 0.25) is 11.6 Å². The third-order valence-corrected chi connectivity index (χ3v) is 2.73. The highest BCUT2D eigenvalue weighted by Crippen LogP contribution is 2.20. The maximum Gasteiger partial charge on any atom is 0.215 e. The molecule has 0 fully saturated rings. The highest BCUT2D eigenvalue weighted by atomic mass is 16.5. The third-order valence-electron chi connectivity index (χ3n) is 2.73. The summed E-state index contributed by atoms with van der Waals surface area (Å²) >= 11 is 0. The van der Waals surface area contributed by atoms with Crippen LogP contribution >= 0.6 is 0 Å². The summed E-state index contributed by atoms with van der Waals surface area (Å²) in [5.41, 5.74) is 0.905. The van der Waals surface area contributed by atoms with Crippen LogP contribution < -0.4 is 0 Å². The van der Waals surface area contributed by atoms with Gasteiger partial charge in [0.1, 0.15) is 6.33 Å². The minimum Gasteiger partial charge on any atom is -0.504 e. The van der Waals surface area contributed by atoms with Crippen molar-refractivity contribution in [3.8, 4) is 11.3 Å². The molecule has 0 unspecified atom stereocenters. The number of H-pyrrole nitrogens is 1. The molecule has 7 nitrogen and oxygen atoms in total. The second kappa shape index (κ2) is 5.41. The zero-order chi connectivity index (χ0) is 14.7. The molecule has 0 bridgehead atoms. The van der Waals surface area contributed by atoms with E-state index >= 15 is 0 Å². The van der Waals surface area contributed by atoms with E-state index in [1.54, 1.807) is 0 Å². The van der Waals surface area contributed by atoms with E-state index in [1.165, 1.54) is 12.4 Å². The maximum absolute atomic E-state index is 12.0. The number of carbonyl (C=O) groups is 1. The number of aromatic nitrogens is 4. The first-order chi connectivity index (χ1) is 10.2. The van der Waals surface area contributed by atoms with Crippen LogP contribution in [-0.2, 0) is 0 Å². The summed E-state index contributed by atoms with van der Waals surface area (Å²) < 4.78 is 5.12. The zero-order valence-electron chi connectivity index (χ0n) is 10.7. The minimum absolute atomic E-state index is 0.0372. The molecule has 0 saturated heterocycles. The van der Waals surface area contributed by atoms with Gasteiger partial charge >= 0.3 is 0 Å². The first-order valence-corrected chi connectivity index (χ1v) is 6.07. The Morgan fingerprint density at radius 2 is 2.10 bits per heavy atom. The molecule has 0 aliphatic rings. The number of hydrogen-bond acceptors (Lipinski definition) is 6. The lowest BCUT2D eigenvalue weighted by Gasteiger charge is -1.92. The summed E-state index contributed by atoms with van der Waals surface area (Å²) in [4.78, 5) is 15.7. The predicted octanol–water partition coefficient (Wildman–Crippen LogP) is 2.24. The van der Waals surface area contributed by atoms with Crippen molar-refractivity contribution < 1.29 is 14.4 Å². The topological polar surface area (TPSA) is 105 Å². The molecule has 21 heavy (non-hydrogen) atoms. The van der Waals surface area contributed by atoms with Crippen LogP contribution in [0.2, 0.25) is 0 Å². The Hall–Kier alpha value is -3.22. The fourth-order valence-electron chi connectivity index (χ4n) is 1.72. The van der Waals surface area contributed by atoms with Gasteiger partial charge in [0.25, 0.3) is 0 Å². The fraction of sp³-hybridized carbons (Fsp3) is 0. The quantitative estimate of drug-likeness (QED) is 0.432. The summed E-state index contributed by atoms with van der Waals surface area (Å²) in [7, 11) is 0. The number of aromatic amines is 1. The van der Waals surface area contributed by atoms with Crippen molar-refractivity contribution in [1.82, 2.24) is 20.3 Å². The monoisotopic (exact) mass is 282 g/mol. The van der Waals surface area contributed by atoms with Gasteiger partial charge in [-0.3, -0.25) is 9.89 Å². The molecular weight excluding hydrogens is 272 g/mol. The van der Waals surface area contributed by atoms with Gasteiger partial charge in [-0.1, -0.05) is 35.5 Å². The van der Waals surface area contributed by atoms with Crippen LogP contribution in [0.5, 0.6) is 0 Å².